The molecule has 1 aliphatic heterocycles. The Kier molecular flexibility index (Phi) is 5.88. The molecular weight excluding hydrogens is 407 g/mol. The predicted molar refractivity (Wildman–Crippen MR) is 103 cm³/mol. The number of nitrogens with zero attached hydrogens (tertiary/aromatic N) is 1. The van der Waals surface area contributed by atoms with Gasteiger partial charge in [0.25, 0.3) is 11.8 Å². The van der Waals surface area contributed by atoms with Crippen molar-refractivity contribution in [2.45, 2.75) is 12.5 Å². The van der Waals surface area contributed by atoms with E-state index in [1.165, 1.54) is 12.1 Å². The second-order valence-electron chi connectivity index (χ2n) is 6.24. The zero-order valence-electron chi connectivity index (χ0n) is 14.5. The Balaban J connectivity index is 1.93. The van der Waals surface area contributed by atoms with Gasteiger partial charge < -0.3 is 15.1 Å². The minimum atomic E-state index is -1.48. The van der Waals surface area contributed by atoms with Gasteiger partial charge in [-0.25, -0.2) is 4.79 Å². The quantitative estimate of drug-likeness (QED) is 0.703. The van der Waals surface area contributed by atoms with Crippen molar-refractivity contribution in [1.29, 1.82) is 0 Å². The maximum absolute atomic E-state index is 12.9. The van der Waals surface area contributed by atoms with Gasteiger partial charge in [-0.1, -0.05) is 23.2 Å². The van der Waals surface area contributed by atoms with Gasteiger partial charge >= 0.3 is 6.09 Å². The van der Waals surface area contributed by atoms with Crippen molar-refractivity contribution in [3.8, 4) is 0 Å². The number of hydrogen-bond donors (Lipinski definition) is 3. The summed E-state index contributed by atoms with van der Waals surface area (Å²) in [6.45, 7) is -0.00929. The Morgan fingerprint density at radius 1 is 1.14 bits per heavy atom. The third kappa shape index (κ3) is 3.96. The van der Waals surface area contributed by atoms with Crippen LogP contribution in [0.4, 0.5) is 4.79 Å². The fraction of sp³-hybridized carbons (Fsp3) is 0.211. The number of carbonyl (C=O) groups is 3. The summed E-state index contributed by atoms with van der Waals surface area (Å²) >= 11 is 12.0. The maximum Gasteiger partial charge on any atom is 0.411 e. The number of rotatable bonds is 3. The smallest absolute Gasteiger partial charge is 0.411 e. The number of carbonyl (C=O) groups excluding carboxylic acids is 2. The highest BCUT2D eigenvalue weighted by atomic mass is 35.5. The molecule has 9 heteroatoms. The number of amides is 3. The largest absolute Gasteiger partial charge is 0.465 e. The van der Waals surface area contributed by atoms with E-state index in [9.17, 15) is 19.5 Å². The van der Waals surface area contributed by atoms with Crippen LogP contribution < -0.4 is 5.32 Å². The molecule has 0 bridgehead atoms. The minimum Gasteiger partial charge on any atom is -0.465 e. The molecule has 3 N–H and O–H groups in total. The fourth-order valence-corrected chi connectivity index (χ4v) is 3.65. The van der Waals surface area contributed by atoms with E-state index in [2.05, 4.69) is 0 Å². The van der Waals surface area contributed by atoms with Crippen LogP contribution in [-0.2, 0) is 6.42 Å². The van der Waals surface area contributed by atoms with Gasteiger partial charge in [0.05, 0.1) is 23.2 Å². The van der Waals surface area contributed by atoms with E-state index in [1.54, 1.807) is 34.5 Å². The van der Waals surface area contributed by atoms with Crippen LogP contribution in [0.1, 0.15) is 37.9 Å². The van der Waals surface area contributed by atoms with Gasteiger partial charge in [0.1, 0.15) is 0 Å². The van der Waals surface area contributed by atoms with Crippen LogP contribution in [-0.4, -0.2) is 46.2 Å². The summed E-state index contributed by atoms with van der Waals surface area (Å²) < 4.78 is 0. The van der Waals surface area contributed by atoms with Gasteiger partial charge in [-0.05, 0) is 53.9 Å². The summed E-state index contributed by atoms with van der Waals surface area (Å²) in [6, 6.07) is 8.82. The summed E-state index contributed by atoms with van der Waals surface area (Å²) in [6.07, 6.45) is -1.05. The molecule has 1 atom stereocenters. The summed E-state index contributed by atoms with van der Waals surface area (Å²) in [4.78, 5) is 37.1. The lowest BCUT2D eigenvalue weighted by atomic mass is 9.90. The summed E-state index contributed by atoms with van der Waals surface area (Å²) in [7, 11) is 0. The number of fused-ring (bicyclic) bond motifs is 1. The van der Waals surface area contributed by atoms with Crippen molar-refractivity contribution in [3.63, 3.8) is 0 Å². The van der Waals surface area contributed by atoms with Crippen molar-refractivity contribution in [2.24, 2.45) is 0 Å². The predicted octanol–water partition coefficient (Wildman–Crippen LogP) is 3.13. The molecule has 2 aromatic rings. The van der Waals surface area contributed by atoms with Crippen LogP contribution in [0.15, 0.2) is 36.4 Å². The van der Waals surface area contributed by atoms with Crippen molar-refractivity contribution < 1.29 is 24.6 Å². The lowest BCUT2D eigenvalue weighted by Crippen LogP contribution is -2.42. The molecule has 0 aromatic heterocycles. The Morgan fingerprint density at radius 3 is 2.43 bits per heavy atom. The normalized spacial score (nSPS) is 15.7. The summed E-state index contributed by atoms with van der Waals surface area (Å²) in [5, 5.41) is 20.9. The third-order valence-corrected chi connectivity index (χ3v) is 5.14. The summed E-state index contributed by atoms with van der Waals surface area (Å²) in [5.74, 6) is -1.09. The molecular formula is C19H16Cl2N2O5. The Hall–Kier alpha value is -2.61. The van der Waals surface area contributed by atoms with Gasteiger partial charge in [0, 0.05) is 17.1 Å². The molecule has 2 aromatic carbocycles. The molecule has 0 aliphatic carbocycles. The zero-order valence-corrected chi connectivity index (χ0v) is 16.0. The molecule has 0 fully saturated rings. The topological polar surface area (TPSA) is 107 Å². The monoisotopic (exact) mass is 422 g/mol. The third-order valence-electron chi connectivity index (χ3n) is 4.58. The molecule has 3 amide bonds. The molecule has 0 saturated heterocycles. The molecule has 1 aliphatic rings. The molecule has 28 heavy (non-hydrogen) atoms. The first-order valence-electron chi connectivity index (χ1n) is 8.35. The van der Waals surface area contributed by atoms with Gasteiger partial charge in [-0.15, -0.1) is 0 Å². The van der Waals surface area contributed by atoms with Crippen LogP contribution in [0.25, 0.3) is 0 Å². The highest BCUT2D eigenvalue weighted by molar-refractivity contribution is 6.34. The van der Waals surface area contributed by atoms with Gasteiger partial charge in [0.2, 0.25) is 0 Å². The van der Waals surface area contributed by atoms with Crippen LogP contribution in [0.2, 0.25) is 10.0 Å². The van der Waals surface area contributed by atoms with Crippen molar-refractivity contribution in [2.75, 3.05) is 13.2 Å². The van der Waals surface area contributed by atoms with Gasteiger partial charge in [0.15, 0.2) is 0 Å². The summed E-state index contributed by atoms with van der Waals surface area (Å²) in [5.41, 5.74) is 1.80. The second kappa shape index (κ2) is 8.18. The number of nitrogens with one attached hydrogen (secondary N) is 1. The lowest BCUT2D eigenvalue weighted by Gasteiger charge is -2.37. The number of imide groups is 1. The van der Waals surface area contributed by atoms with Crippen molar-refractivity contribution in [3.05, 3.63) is 68.7 Å². The Morgan fingerprint density at radius 2 is 1.82 bits per heavy atom. The molecule has 0 spiro atoms. The number of aliphatic hydroxyl groups is 1. The van der Waals surface area contributed by atoms with E-state index in [-0.39, 0.29) is 23.1 Å². The average molecular weight is 423 g/mol. The van der Waals surface area contributed by atoms with Crippen LogP contribution in [0, 0.1) is 0 Å². The lowest BCUT2D eigenvalue weighted by molar-refractivity contribution is 0.0568. The van der Waals surface area contributed by atoms with E-state index in [1.807, 2.05) is 0 Å². The van der Waals surface area contributed by atoms with E-state index in [0.717, 1.165) is 5.56 Å². The number of carboxylic acid groups (broad SMARTS) is 1. The van der Waals surface area contributed by atoms with E-state index >= 15 is 0 Å². The Labute approximate surface area is 170 Å². The molecule has 0 saturated carbocycles. The number of halogens is 2. The molecule has 0 radical (unpaired) electrons. The minimum absolute atomic E-state index is 0.0250. The zero-order chi connectivity index (χ0) is 20.4. The first kappa shape index (κ1) is 20.1. The average Bonchev–Trinajstić information content (AvgIpc) is 2.66. The molecule has 1 heterocycles. The SMILES string of the molecule is O=C(O)NC(=O)c1cc2c(cc1Cl)C(CO)N(C(=O)c1ccc(Cl)cc1)CC2. The number of hydrogen-bond acceptors (Lipinski definition) is 4. The maximum atomic E-state index is 12.9. The molecule has 146 valence electrons. The molecule has 3 rings (SSSR count). The fourth-order valence-electron chi connectivity index (χ4n) is 3.26. The van der Waals surface area contributed by atoms with Gasteiger partial charge in [-0.3, -0.25) is 14.9 Å². The standard InChI is InChI=1S/C19H16Cl2N2O5/c20-12-3-1-10(2-4-12)18(26)23-6-5-11-7-14(17(25)22-19(27)28)15(21)8-13(11)16(23)9-24/h1-4,7-8,16,24H,5-6,9H2,(H,22,25)(H,27,28). The molecule has 7 nitrogen and oxygen atoms in total. The molecule has 1 unspecified atom stereocenters. The highest BCUT2D eigenvalue weighted by Crippen LogP contribution is 2.34. The van der Waals surface area contributed by atoms with E-state index in [4.69, 9.17) is 28.3 Å². The Bertz CT molecular complexity index is 946. The van der Waals surface area contributed by atoms with Crippen LogP contribution in [0.3, 0.4) is 0 Å². The van der Waals surface area contributed by atoms with Crippen molar-refractivity contribution >= 4 is 41.1 Å². The van der Waals surface area contributed by atoms with Crippen LogP contribution in [0.5, 0.6) is 0 Å². The number of aliphatic hydroxyl groups excluding tert-OH is 1. The van der Waals surface area contributed by atoms with Gasteiger partial charge in [-0.2, -0.15) is 0 Å². The second-order valence-corrected chi connectivity index (χ2v) is 7.09. The first-order chi connectivity index (χ1) is 13.3. The van der Waals surface area contributed by atoms with E-state index < -0.39 is 18.0 Å². The van der Waals surface area contributed by atoms with E-state index in [0.29, 0.717) is 29.1 Å². The number of benzene rings is 2. The highest BCUT2D eigenvalue weighted by Gasteiger charge is 2.32. The van der Waals surface area contributed by atoms with Crippen LogP contribution >= 0.6 is 23.2 Å². The van der Waals surface area contributed by atoms with Crippen molar-refractivity contribution in [1.82, 2.24) is 10.2 Å². The first-order valence-corrected chi connectivity index (χ1v) is 9.11.